The number of anilines is 1. The number of hydrogen-bond donors (Lipinski definition) is 3. The van der Waals surface area contributed by atoms with Gasteiger partial charge in [-0.15, -0.1) is 0 Å². The number of carbonyl (C=O) groups excluding carboxylic acids is 2. The lowest BCUT2D eigenvalue weighted by Gasteiger charge is -2.19. The first kappa shape index (κ1) is 17.7. The third-order valence-electron chi connectivity index (χ3n) is 2.82. The van der Waals surface area contributed by atoms with E-state index in [1.165, 1.54) is 12.1 Å². The summed E-state index contributed by atoms with van der Waals surface area (Å²) in [6, 6.07) is 2.23. The van der Waals surface area contributed by atoms with Gasteiger partial charge in [0.1, 0.15) is 6.04 Å². The van der Waals surface area contributed by atoms with Crippen LogP contribution < -0.4 is 10.6 Å². The molecule has 0 heterocycles. The van der Waals surface area contributed by atoms with Crippen molar-refractivity contribution < 1.29 is 23.8 Å². The second-order valence-corrected chi connectivity index (χ2v) is 5.17. The van der Waals surface area contributed by atoms with Gasteiger partial charge in [0.05, 0.1) is 12.3 Å². The Kier molecular flexibility index (Phi) is 6.62. The van der Waals surface area contributed by atoms with Crippen LogP contribution in [0, 0.1) is 11.7 Å². The number of para-hydroxylation sites is 1. The van der Waals surface area contributed by atoms with E-state index in [1.807, 2.05) is 13.8 Å². The van der Waals surface area contributed by atoms with Crippen molar-refractivity contribution in [2.45, 2.75) is 33.2 Å². The molecule has 6 nitrogen and oxygen atoms in total. The number of halogens is 1. The van der Waals surface area contributed by atoms with Gasteiger partial charge in [-0.05, 0) is 31.4 Å². The molecule has 0 radical (unpaired) electrons. The zero-order chi connectivity index (χ0) is 16.7. The van der Waals surface area contributed by atoms with E-state index in [4.69, 9.17) is 4.74 Å². The van der Waals surface area contributed by atoms with E-state index >= 15 is 0 Å². The summed E-state index contributed by atoms with van der Waals surface area (Å²) in [5, 5.41) is 14.3. The van der Waals surface area contributed by atoms with E-state index in [2.05, 4.69) is 10.6 Å². The lowest BCUT2D eigenvalue weighted by molar-refractivity contribution is -0.145. The van der Waals surface area contributed by atoms with Gasteiger partial charge in [0.25, 0.3) is 0 Å². The van der Waals surface area contributed by atoms with Crippen LogP contribution in [0.5, 0.6) is 5.75 Å². The van der Waals surface area contributed by atoms with Gasteiger partial charge in [-0.25, -0.2) is 14.0 Å². The molecule has 0 aliphatic heterocycles. The van der Waals surface area contributed by atoms with Gasteiger partial charge < -0.3 is 20.5 Å². The number of nitrogens with one attached hydrogen (secondary N) is 2. The first-order valence-corrected chi connectivity index (χ1v) is 7.06. The largest absolute Gasteiger partial charge is 0.503 e. The minimum Gasteiger partial charge on any atom is -0.503 e. The molecule has 0 saturated heterocycles. The normalized spacial score (nSPS) is 11.9. The number of carbonyl (C=O) groups is 2. The summed E-state index contributed by atoms with van der Waals surface area (Å²) in [6.45, 7) is 5.70. The van der Waals surface area contributed by atoms with Gasteiger partial charge in [0, 0.05) is 0 Å². The number of ether oxygens (including phenoxy) is 1. The maximum absolute atomic E-state index is 13.2. The van der Waals surface area contributed by atoms with E-state index in [-0.39, 0.29) is 18.2 Å². The molecule has 0 fully saturated rings. The number of aromatic hydroxyl groups is 1. The highest BCUT2D eigenvalue weighted by molar-refractivity contribution is 5.93. The molecule has 1 aromatic carbocycles. The minimum absolute atomic E-state index is 0.0790. The molecule has 1 aromatic rings. The van der Waals surface area contributed by atoms with Crippen LogP contribution in [0.4, 0.5) is 14.9 Å². The van der Waals surface area contributed by atoms with Crippen molar-refractivity contribution in [2.24, 2.45) is 5.92 Å². The first-order chi connectivity index (χ1) is 10.3. The van der Waals surface area contributed by atoms with E-state index in [0.29, 0.717) is 6.42 Å². The molecule has 0 saturated carbocycles. The highest BCUT2D eigenvalue weighted by atomic mass is 19.1. The Balaban J connectivity index is 2.74. The van der Waals surface area contributed by atoms with Crippen LogP contribution in [0.3, 0.4) is 0 Å². The molecule has 2 amide bonds. The Labute approximate surface area is 128 Å². The molecule has 1 rings (SSSR count). The summed E-state index contributed by atoms with van der Waals surface area (Å²) in [4.78, 5) is 23.7. The molecule has 7 heteroatoms. The maximum Gasteiger partial charge on any atom is 0.328 e. The molecule has 22 heavy (non-hydrogen) atoms. The maximum atomic E-state index is 13.2. The molecule has 122 valence electrons. The highest BCUT2D eigenvalue weighted by Crippen LogP contribution is 2.25. The Bertz CT molecular complexity index is 534. The van der Waals surface area contributed by atoms with Crippen LogP contribution in [0.25, 0.3) is 0 Å². The summed E-state index contributed by atoms with van der Waals surface area (Å²) < 4.78 is 18.1. The summed E-state index contributed by atoms with van der Waals surface area (Å²) >= 11 is 0. The summed E-state index contributed by atoms with van der Waals surface area (Å²) in [5.41, 5.74) is -0.0790. The molecule has 0 aliphatic carbocycles. The van der Waals surface area contributed by atoms with Crippen molar-refractivity contribution in [3.8, 4) is 5.75 Å². The van der Waals surface area contributed by atoms with E-state index in [9.17, 15) is 19.1 Å². The molecule has 0 bridgehead atoms. The van der Waals surface area contributed by atoms with E-state index < -0.39 is 29.6 Å². The number of hydrogen-bond acceptors (Lipinski definition) is 4. The number of benzene rings is 1. The average molecular weight is 312 g/mol. The van der Waals surface area contributed by atoms with Gasteiger partial charge >= 0.3 is 12.0 Å². The Morgan fingerprint density at radius 1 is 1.36 bits per heavy atom. The Hall–Kier alpha value is -2.31. The second kappa shape index (κ2) is 8.21. The summed E-state index contributed by atoms with van der Waals surface area (Å²) in [7, 11) is 0. The molecular formula is C15H21FN2O4. The molecule has 0 aromatic heterocycles. The van der Waals surface area contributed by atoms with Crippen LogP contribution in [0.2, 0.25) is 0 Å². The predicted octanol–water partition coefficient (Wildman–Crippen LogP) is 2.63. The van der Waals surface area contributed by atoms with E-state index in [1.54, 1.807) is 6.92 Å². The fourth-order valence-electron chi connectivity index (χ4n) is 1.86. The fourth-order valence-corrected chi connectivity index (χ4v) is 1.86. The van der Waals surface area contributed by atoms with Gasteiger partial charge in [-0.3, -0.25) is 0 Å². The number of urea groups is 1. The van der Waals surface area contributed by atoms with Crippen molar-refractivity contribution in [3.05, 3.63) is 24.0 Å². The lowest BCUT2D eigenvalue weighted by Crippen LogP contribution is -2.44. The molecule has 0 aliphatic rings. The van der Waals surface area contributed by atoms with Crippen LogP contribution in [-0.2, 0) is 9.53 Å². The fraction of sp³-hybridized carbons (Fsp3) is 0.467. The third-order valence-corrected chi connectivity index (χ3v) is 2.82. The molecule has 0 unspecified atom stereocenters. The minimum atomic E-state index is -0.845. The monoisotopic (exact) mass is 312 g/mol. The van der Waals surface area contributed by atoms with Gasteiger partial charge in [-0.1, -0.05) is 19.9 Å². The van der Waals surface area contributed by atoms with E-state index in [0.717, 1.165) is 6.07 Å². The molecule has 3 N–H and O–H groups in total. The van der Waals surface area contributed by atoms with Gasteiger partial charge in [-0.2, -0.15) is 0 Å². The topological polar surface area (TPSA) is 87.7 Å². The number of rotatable bonds is 6. The van der Waals surface area contributed by atoms with Crippen LogP contribution in [0.1, 0.15) is 27.2 Å². The summed E-state index contributed by atoms with van der Waals surface area (Å²) in [5.74, 6) is -1.87. The van der Waals surface area contributed by atoms with Crippen LogP contribution in [-0.4, -0.2) is 29.8 Å². The second-order valence-electron chi connectivity index (χ2n) is 5.17. The Morgan fingerprint density at radius 2 is 2.05 bits per heavy atom. The smallest absolute Gasteiger partial charge is 0.328 e. The summed E-state index contributed by atoms with van der Waals surface area (Å²) in [6.07, 6.45) is 0.404. The quantitative estimate of drug-likeness (QED) is 0.556. The first-order valence-electron chi connectivity index (χ1n) is 7.06. The number of phenols is 1. The average Bonchev–Trinajstić information content (AvgIpc) is 2.43. The van der Waals surface area contributed by atoms with Crippen molar-refractivity contribution in [3.63, 3.8) is 0 Å². The number of phenolic OH excluding ortho intramolecular Hbond substituents is 1. The SMILES string of the molecule is CCOC(=O)[C@H](CC(C)C)NC(=O)Nc1cccc(F)c1O. The van der Waals surface area contributed by atoms with Crippen molar-refractivity contribution in [1.82, 2.24) is 5.32 Å². The Morgan fingerprint density at radius 3 is 2.64 bits per heavy atom. The van der Waals surface area contributed by atoms with Crippen molar-refractivity contribution >= 4 is 17.7 Å². The van der Waals surface area contributed by atoms with Crippen molar-refractivity contribution in [2.75, 3.05) is 11.9 Å². The third kappa shape index (κ3) is 5.23. The molecule has 1 atom stereocenters. The zero-order valence-electron chi connectivity index (χ0n) is 12.9. The van der Waals surface area contributed by atoms with Gasteiger partial charge in [0.2, 0.25) is 0 Å². The van der Waals surface area contributed by atoms with Crippen LogP contribution in [0.15, 0.2) is 18.2 Å². The standard InChI is InChI=1S/C15H21FN2O4/c1-4-22-14(20)12(8-9(2)3)18-15(21)17-11-7-5-6-10(16)13(11)19/h5-7,9,12,19H,4,8H2,1-3H3,(H2,17,18,21)/t12-/m0/s1. The predicted molar refractivity (Wildman–Crippen MR) is 80.1 cm³/mol. The number of amides is 2. The highest BCUT2D eigenvalue weighted by Gasteiger charge is 2.23. The van der Waals surface area contributed by atoms with Crippen LogP contribution >= 0.6 is 0 Å². The lowest BCUT2D eigenvalue weighted by atomic mass is 10.0. The van der Waals surface area contributed by atoms with Gasteiger partial charge in [0.15, 0.2) is 11.6 Å². The number of esters is 1. The molecular weight excluding hydrogens is 291 g/mol. The molecule has 0 spiro atoms. The zero-order valence-corrected chi connectivity index (χ0v) is 12.9. The van der Waals surface area contributed by atoms with Crippen molar-refractivity contribution in [1.29, 1.82) is 0 Å².